The van der Waals surface area contributed by atoms with Gasteiger partial charge in [-0.1, -0.05) is 57.0 Å². The summed E-state index contributed by atoms with van der Waals surface area (Å²) in [5.41, 5.74) is 2.51. The molecule has 2 N–H and O–H groups in total. The van der Waals surface area contributed by atoms with Crippen LogP contribution in [0.25, 0.3) is 0 Å². The molecular weight excluding hydrogens is 272 g/mol. The van der Waals surface area contributed by atoms with Crippen LogP contribution in [0.5, 0.6) is 11.5 Å². The summed E-state index contributed by atoms with van der Waals surface area (Å²) in [5, 5.41) is 18.4. The predicted octanol–water partition coefficient (Wildman–Crippen LogP) is 5.47. The second-order valence-electron chi connectivity index (χ2n) is 5.46. The smallest absolute Gasteiger partial charge is 0.119 e. The number of hydrogen-bond donors (Lipinski definition) is 2. The van der Waals surface area contributed by atoms with Crippen LogP contribution in [0.2, 0.25) is 0 Å². The van der Waals surface area contributed by atoms with E-state index in [0.29, 0.717) is 11.5 Å². The van der Waals surface area contributed by atoms with Crippen molar-refractivity contribution in [2.45, 2.75) is 52.4 Å². The van der Waals surface area contributed by atoms with Gasteiger partial charge >= 0.3 is 0 Å². The first-order valence-electron chi connectivity index (χ1n) is 8.22. The summed E-state index contributed by atoms with van der Waals surface area (Å²) in [6, 6.07) is 14.6. The van der Waals surface area contributed by atoms with Gasteiger partial charge < -0.3 is 10.2 Å². The summed E-state index contributed by atoms with van der Waals surface area (Å²) < 4.78 is 0. The molecule has 0 amide bonds. The van der Waals surface area contributed by atoms with Crippen molar-refractivity contribution >= 4 is 0 Å². The van der Waals surface area contributed by atoms with Gasteiger partial charge in [0.1, 0.15) is 11.5 Å². The third kappa shape index (κ3) is 6.66. The minimum atomic E-state index is 0.322. The molecule has 0 fully saturated rings. The van der Waals surface area contributed by atoms with Crippen molar-refractivity contribution in [1.82, 2.24) is 0 Å². The monoisotopic (exact) mass is 300 g/mol. The molecule has 0 aliphatic carbocycles. The zero-order chi connectivity index (χ0) is 16.2. The molecule has 0 unspecified atom stereocenters. The van der Waals surface area contributed by atoms with Gasteiger partial charge in [0.25, 0.3) is 0 Å². The second-order valence-corrected chi connectivity index (χ2v) is 5.46. The van der Waals surface area contributed by atoms with Gasteiger partial charge in [-0.25, -0.2) is 0 Å². The fourth-order valence-corrected chi connectivity index (χ4v) is 2.29. The Morgan fingerprint density at radius 3 is 1.91 bits per heavy atom. The van der Waals surface area contributed by atoms with Gasteiger partial charge in [-0.3, -0.25) is 0 Å². The van der Waals surface area contributed by atoms with Gasteiger partial charge in [-0.2, -0.15) is 0 Å². The lowest BCUT2D eigenvalue weighted by atomic mass is 9.97. The Kier molecular flexibility index (Phi) is 8.82. The van der Waals surface area contributed by atoms with E-state index in [9.17, 15) is 5.11 Å². The molecule has 22 heavy (non-hydrogen) atoms. The normalized spacial score (nSPS) is 9.91. The van der Waals surface area contributed by atoms with E-state index >= 15 is 0 Å². The lowest BCUT2D eigenvalue weighted by Crippen LogP contribution is -1.95. The average Bonchev–Trinajstić information content (AvgIpc) is 2.53. The van der Waals surface area contributed by atoms with E-state index in [4.69, 9.17) is 5.11 Å². The van der Waals surface area contributed by atoms with Crippen LogP contribution < -0.4 is 0 Å². The van der Waals surface area contributed by atoms with Crippen molar-refractivity contribution in [2.24, 2.45) is 0 Å². The summed E-state index contributed by atoms with van der Waals surface area (Å²) in [6.45, 7) is 4.39. The number of hydrogen-bond acceptors (Lipinski definition) is 2. The van der Waals surface area contributed by atoms with Gasteiger partial charge in [-0.15, -0.1) is 0 Å². The SMILES string of the molecule is CCCCc1cccc(O)c1CCCC.Oc1ccccc1. The first-order valence-corrected chi connectivity index (χ1v) is 8.22. The number of unbranched alkanes of at least 4 members (excludes halogenated alkanes) is 2. The number of benzene rings is 2. The summed E-state index contributed by atoms with van der Waals surface area (Å²) in [4.78, 5) is 0. The molecule has 120 valence electrons. The topological polar surface area (TPSA) is 40.5 Å². The Bertz CT molecular complexity index is 520. The fourth-order valence-electron chi connectivity index (χ4n) is 2.29. The number of rotatable bonds is 6. The summed E-state index contributed by atoms with van der Waals surface area (Å²) in [5.74, 6) is 0.805. The largest absolute Gasteiger partial charge is 0.508 e. The van der Waals surface area contributed by atoms with E-state index in [1.807, 2.05) is 12.1 Å². The van der Waals surface area contributed by atoms with Crippen LogP contribution in [-0.4, -0.2) is 10.2 Å². The molecule has 0 saturated heterocycles. The molecule has 0 aliphatic heterocycles. The van der Waals surface area contributed by atoms with Gasteiger partial charge in [0, 0.05) is 0 Å². The zero-order valence-electron chi connectivity index (χ0n) is 13.8. The molecule has 0 atom stereocenters. The van der Waals surface area contributed by atoms with E-state index in [-0.39, 0.29) is 0 Å². The molecule has 0 aromatic heterocycles. The lowest BCUT2D eigenvalue weighted by molar-refractivity contribution is 0.465. The standard InChI is InChI=1S/C14H22O.C6H6O/c1-3-5-8-12-9-7-11-14(15)13(12)10-6-4-2;7-6-4-2-1-3-5-6/h7,9,11,15H,3-6,8,10H2,1-2H3;1-5,7H. The number of phenols is 2. The summed E-state index contributed by atoms with van der Waals surface area (Å²) >= 11 is 0. The van der Waals surface area contributed by atoms with Gasteiger partial charge in [0.05, 0.1) is 0 Å². The summed E-state index contributed by atoms with van der Waals surface area (Å²) in [6.07, 6.45) is 6.88. The number of phenolic OH excluding ortho intramolecular Hbond substituents is 2. The van der Waals surface area contributed by atoms with E-state index in [0.717, 1.165) is 19.3 Å². The second kappa shape index (κ2) is 10.7. The van der Waals surface area contributed by atoms with Gasteiger partial charge in [0.15, 0.2) is 0 Å². The van der Waals surface area contributed by atoms with Crippen LogP contribution in [-0.2, 0) is 12.8 Å². The molecule has 0 bridgehead atoms. The van der Waals surface area contributed by atoms with Crippen LogP contribution >= 0.6 is 0 Å². The van der Waals surface area contributed by atoms with Gasteiger partial charge in [0.2, 0.25) is 0 Å². The molecule has 0 heterocycles. The van der Waals surface area contributed by atoms with Crippen molar-refractivity contribution in [3.8, 4) is 11.5 Å². The van der Waals surface area contributed by atoms with Crippen LogP contribution in [0, 0.1) is 0 Å². The molecule has 2 rings (SSSR count). The van der Waals surface area contributed by atoms with E-state index in [2.05, 4.69) is 19.9 Å². The highest BCUT2D eigenvalue weighted by atomic mass is 16.3. The molecule has 2 aromatic rings. The molecule has 0 aliphatic rings. The van der Waals surface area contributed by atoms with Crippen molar-refractivity contribution in [2.75, 3.05) is 0 Å². The molecule has 2 nitrogen and oxygen atoms in total. The molecule has 0 saturated carbocycles. The van der Waals surface area contributed by atoms with Gasteiger partial charge in [-0.05, 0) is 55.0 Å². The van der Waals surface area contributed by atoms with Crippen LogP contribution in [0.1, 0.15) is 50.7 Å². The average molecular weight is 300 g/mol. The van der Waals surface area contributed by atoms with Crippen LogP contribution in [0.4, 0.5) is 0 Å². The Hall–Kier alpha value is -1.96. The maximum absolute atomic E-state index is 9.82. The van der Waals surface area contributed by atoms with E-state index in [1.165, 1.54) is 30.4 Å². The Balaban J connectivity index is 0.000000287. The highest BCUT2D eigenvalue weighted by Crippen LogP contribution is 2.24. The Morgan fingerprint density at radius 2 is 1.36 bits per heavy atom. The fraction of sp³-hybridized carbons (Fsp3) is 0.400. The van der Waals surface area contributed by atoms with Crippen LogP contribution in [0.3, 0.4) is 0 Å². The van der Waals surface area contributed by atoms with Crippen molar-refractivity contribution in [1.29, 1.82) is 0 Å². The van der Waals surface area contributed by atoms with E-state index in [1.54, 1.807) is 30.3 Å². The first kappa shape index (κ1) is 18.1. The quantitative estimate of drug-likeness (QED) is 0.742. The highest BCUT2D eigenvalue weighted by Gasteiger charge is 2.06. The zero-order valence-corrected chi connectivity index (χ0v) is 13.8. The Morgan fingerprint density at radius 1 is 0.727 bits per heavy atom. The van der Waals surface area contributed by atoms with Crippen molar-refractivity contribution in [3.63, 3.8) is 0 Å². The first-order chi connectivity index (χ1) is 10.7. The lowest BCUT2D eigenvalue weighted by Gasteiger charge is -2.10. The number of aryl methyl sites for hydroxylation is 1. The minimum Gasteiger partial charge on any atom is -0.508 e. The Labute approximate surface area is 134 Å². The third-order valence-electron chi connectivity index (χ3n) is 3.58. The molecule has 0 spiro atoms. The minimum absolute atomic E-state index is 0.322. The highest BCUT2D eigenvalue weighted by molar-refractivity contribution is 5.39. The number of para-hydroxylation sites is 1. The molecule has 2 aromatic carbocycles. The molecular formula is C20H28O2. The predicted molar refractivity (Wildman–Crippen MR) is 93.4 cm³/mol. The summed E-state index contributed by atoms with van der Waals surface area (Å²) in [7, 11) is 0. The number of aromatic hydroxyl groups is 2. The maximum atomic E-state index is 9.82. The molecule has 0 radical (unpaired) electrons. The van der Waals surface area contributed by atoms with Crippen LogP contribution in [0.15, 0.2) is 48.5 Å². The molecule has 2 heteroatoms. The van der Waals surface area contributed by atoms with E-state index < -0.39 is 0 Å². The third-order valence-corrected chi connectivity index (χ3v) is 3.58. The van der Waals surface area contributed by atoms with Crippen molar-refractivity contribution < 1.29 is 10.2 Å². The maximum Gasteiger partial charge on any atom is 0.119 e. The van der Waals surface area contributed by atoms with Crippen molar-refractivity contribution in [3.05, 3.63) is 59.7 Å².